The molecule has 2 rings (SSSR count). The first kappa shape index (κ1) is 14.5. The van der Waals surface area contributed by atoms with Gasteiger partial charge in [-0.3, -0.25) is 9.89 Å². The summed E-state index contributed by atoms with van der Waals surface area (Å²) in [6, 6.07) is 0. The van der Waals surface area contributed by atoms with Crippen molar-refractivity contribution in [2.75, 3.05) is 19.6 Å². The zero-order valence-corrected chi connectivity index (χ0v) is 12.6. The average Bonchev–Trinajstić information content (AvgIpc) is 2.92. The molecule has 1 saturated heterocycles. The molecule has 7 heteroatoms. The highest BCUT2D eigenvalue weighted by molar-refractivity contribution is 9.10. The zero-order valence-electron chi connectivity index (χ0n) is 11.0. The number of carbonyl (C=O) groups excluding carboxylic acids is 1. The summed E-state index contributed by atoms with van der Waals surface area (Å²) in [5.41, 5.74) is 1.27. The van der Waals surface area contributed by atoms with E-state index in [0.717, 1.165) is 12.2 Å². The minimum atomic E-state index is -0.394. The standard InChI is InChI=1S/C12H19BrN4O2/c1-6(2)10-9(13)11(17-16-10)12(19)15-4-7-3-14-5-8(7)18/h6-8,14,18H,3-5H2,1-2H3,(H,15,19)(H,16,17). The largest absolute Gasteiger partial charge is 0.391 e. The second kappa shape index (κ2) is 6.02. The number of nitrogens with zero attached hydrogens (tertiary/aromatic N) is 1. The Morgan fingerprint density at radius 3 is 2.84 bits per heavy atom. The van der Waals surface area contributed by atoms with Gasteiger partial charge < -0.3 is 15.7 Å². The van der Waals surface area contributed by atoms with Gasteiger partial charge in [0, 0.05) is 25.6 Å². The molecule has 1 aromatic heterocycles. The van der Waals surface area contributed by atoms with Crippen LogP contribution in [-0.2, 0) is 0 Å². The number of aliphatic hydroxyl groups excluding tert-OH is 1. The SMILES string of the molecule is CC(C)c1[nH]nc(C(=O)NCC2CNCC2O)c1Br. The molecule has 2 heterocycles. The lowest BCUT2D eigenvalue weighted by molar-refractivity contribution is 0.0921. The number of aromatic amines is 1. The molecule has 6 nitrogen and oxygen atoms in total. The Bertz CT molecular complexity index is 461. The quantitative estimate of drug-likeness (QED) is 0.651. The summed E-state index contributed by atoms with van der Waals surface area (Å²) in [5, 5.41) is 22.5. The Morgan fingerprint density at radius 2 is 2.32 bits per heavy atom. The predicted molar refractivity (Wildman–Crippen MR) is 75.1 cm³/mol. The van der Waals surface area contributed by atoms with E-state index < -0.39 is 6.10 Å². The summed E-state index contributed by atoms with van der Waals surface area (Å²) in [5.74, 6) is 0.102. The van der Waals surface area contributed by atoms with Gasteiger partial charge in [0.2, 0.25) is 0 Å². The van der Waals surface area contributed by atoms with Crippen LogP contribution < -0.4 is 10.6 Å². The number of carbonyl (C=O) groups is 1. The number of nitrogens with one attached hydrogen (secondary N) is 3. The number of aliphatic hydroxyl groups is 1. The summed E-state index contributed by atoms with van der Waals surface area (Å²) in [6.07, 6.45) is -0.394. The second-order valence-corrected chi connectivity index (χ2v) is 5.94. The molecule has 0 aromatic carbocycles. The van der Waals surface area contributed by atoms with Crippen LogP contribution in [0.25, 0.3) is 0 Å². The molecule has 1 aliphatic rings. The van der Waals surface area contributed by atoms with Crippen LogP contribution in [0.3, 0.4) is 0 Å². The first-order valence-electron chi connectivity index (χ1n) is 6.41. The highest BCUT2D eigenvalue weighted by atomic mass is 79.9. The lowest BCUT2D eigenvalue weighted by Crippen LogP contribution is -2.34. The number of halogens is 1. The smallest absolute Gasteiger partial charge is 0.272 e. The molecular formula is C12H19BrN4O2. The van der Waals surface area contributed by atoms with E-state index in [4.69, 9.17) is 0 Å². The van der Waals surface area contributed by atoms with Crippen LogP contribution in [0, 0.1) is 5.92 Å². The number of β-amino-alcohol motifs (C(OH)–C–C–N with tert-alkyl or cyclic N) is 1. The molecule has 4 N–H and O–H groups in total. The fourth-order valence-corrected chi connectivity index (χ4v) is 2.93. The first-order valence-corrected chi connectivity index (χ1v) is 7.20. The van der Waals surface area contributed by atoms with Crippen molar-refractivity contribution in [3.63, 3.8) is 0 Å². The van der Waals surface area contributed by atoms with Crippen LogP contribution in [0.2, 0.25) is 0 Å². The van der Waals surface area contributed by atoms with Crippen molar-refractivity contribution in [3.8, 4) is 0 Å². The highest BCUT2D eigenvalue weighted by Gasteiger charge is 2.26. The van der Waals surface area contributed by atoms with Crippen LogP contribution >= 0.6 is 15.9 Å². The zero-order chi connectivity index (χ0) is 14.0. The van der Waals surface area contributed by atoms with Crippen LogP contribution in [0.5, 0.6) is 0 Å². The van der Waals surface area contributed by atoms with E-state index in [1.54, 1.807) is 0 Å². The number of hydrogen-bond donors (Lipinski definition) is 4. The van der Waals surface area contributed by atoms with E-state index >= 15 is 0 Å². The van der Waals surface area contributed by atoms with Gasteiger partial charge in [0.15, 0.2) is 5.69 Å². The topological polar surface area (TPSA) is 90.0 Å². The molecule has 2 atom stereocenters. The summed E-state index contributed by atoms with van der Waals surface area (Å²) in [4.78, 5) is 12.0. The summed E-state index contributed by atoms with van der Waals surface area (Å²) in [6.45, 7) is 5.81. The Labute approximate surface area is 120 Å². The Hall–Kier alpha value is -0.920. The molecule has 1 amide bonds. The van der Waals surface area contributed by atoms with Gasteiger partial charge in [0.25, 0.3) is 5.91 Å². The van der Waals surface area contributed by atoms with E-state index in [0.29, 0.717) is 23.3 Å². The fraction of sp³-hybridized carbons (Fsp3) is 0.667. The van der Waals surface area contributed by atoms with E-state index in [-0.39, 0.29) is 17.7 Å². The van der Waals surface area contributed by atoms with Gasteiger partial charge in [-0.05, 0) is 21.8 Å². The third-order valence-electron chi connectivity index (χ3n) is 3.35. The Balaban J connectivity index is 1.96. The maximum absolute atomic E-state index is 12.0. The van der Waals surface area contributed by atoms with E-state index in [1.165, 1.54) is 0 Å². The molecule has 19 heavy (non-hydrogen) atoms. The summed E-state index contributed by atoms with van der Waals surface area (Å²) in [7, 11) is 0. The number of rotatable bonds is 4. The van der Waals surface area contributed by atoms with Crippen molar-refractivity contribution in [2.24, 2.45) is 5.92 Å². The monoisotopic (exact) mass is 330 g/mol. The van der Waals surface area contributed by atoms with Gasteiger partial charge >= 0.3 is 0 Å². The lowest BCUT2D eigenvalue weighted by atomic mass is 10.1. The predicted octanol–water partition coefficient (Wildman–Crippen LogP) is 0.606. The maximum Gasteiger partial charge on any atom is 0.272 e. The molecular weight excluding hydrogens is 312 g/mol. The second-order valence-electron chi connectivity index (χ2n) is 5.15. The van der Waals surface area contributed by atoms with Crippen molar-refractivity contribution in [1.29, 1.82) is 0 Å². The third-order valence-corrected chi connectivity index (χ3v) is 4.16. The molecule has 0 bridgehead atoms. The highest BCUT2D eigenvalue weighted by Crippen LogP contribution is 2.25. The molecule has 0 saturated carbocycles. The first-order chi connectivity index (χ1) is 9.00. The number of hydrogen-bond acceptors (Lipinski definition) is 4. The molecule has 0 spiro atoms. The Morgan fingerprint density at radius 1 is 1.58 bits per heavy atom. The molecule has 2 unspecified atom stereocenters. The minimum absolute atomic E-state index is 0.0613. The van der Waals surface area contributed by atoms with Crippen molar-refractivity contribution < 1.29 is 9.90 Å². The van der Waals surface area contributed by atoms with E-state index in [9.17, 15) is 9.90 Å². The van der Waals surface area contributed by atoms with Gasteiger partial charge in [0.1, 0.15) is 0 Å². The third kappa shape index (κ3) is 3.16. The van der Waals surface area contributed by atoms with Gasteiger partial charge in [-0.25, -0.2) is 0 Å². The van der Waals surface area contributed by atoms with Gasteiger partial charge in [-0.2, -0.15) is 5.10 Å². The molecule has 1 aromatic rings. The van der Waals surface area contributed by atoms with Crippen LogP contribution in [0.1, 0.15) is 35.9 Å². The van der Waals surface area contributed by atoms with Crippen molar-refractivity contribution in [1.82, 2.24) is 20.8 Å². The minimum Gasteiger partial charge on any atom is -0.391 e. The molecule has 106 valence electrons. The molecule has 1 fully saturated rings. The number of aromatic nitrogens is 2. The van der Waals surface area contributed by atoms with Crippen LogP contribution in [0.15, 0.2) is 4.47 Å². The number of H-pyrrole nitrogens is 1. The molecule has 1 aliphatic heterocycles. The van der Waals surface area contributed by atoms with Crippen LogP contribution in [-0.4, -0.2) is 46.9 Å². The lowest BCUT2D eigenvalue weighted by Gasteiger charge is -2.13. The van der Waals surface area contributed by atoms with E-state index in [1.807, 2.05) is 13.8 Å². The fourth-order valence-electron chi connectivity index (χ4n) is 2.11. The van der Waals surface area contributed by atoms with Crippen molar-refractivity contribution >= 4 is 21.8 Å². The Kier molecular flexibility index (Phi) is 4.59. The normalized spacial score (nSPS) is 23.0. The van der Waals surface area contributed by atoms with Gasteiger partial charge in [0.05, 0.1) is 16.3 Å². The summed E-state index contributed by atoms with van der Waals surface area (Å²) >= 11 is 3.40. The van der Waals surface area contributed by atoms with E-state index in [2.05, 4.69) is 36.8 Å². The van der Waals surface area contributed by atoms with Crippen molar-refractivity contribution in [3.05, 3.63) is 15.9 Å². The van der Waals surface area contributed by atoms with Gasteiger partial charge in [-0.15, -0.1) is 0 Å². The van der Waals surface area contributed by atoms with Crippen molar-refractivity contribution in [2.45, 2.75) is 25.9 Å². The maximum atomic E-state index is 12.0. The average molecular weight is 331 g/mol. The molecule has 0 radical (unpaired) electrons. The number of amides is 1. The summed E-state index contributed by atoms with van der Waals surface area (Å²) < 4.78 is 0.713. The molecule has 0 aliphatic carbocycles. The van der Waals surface area contributed by atoms with Gasteiger partial charge in [-0.1, -0.05) is 13.8 Å². The van der Waals surface area contributed by atoms with Crippen LogP contribution in [0.4, 0.5) is 0 Å².